The van der Waals surface area contributed by atoms with Gasteiger partial charge in [-0.25, -0.2) is 4.79 Å². The van der Waals surface area contributed by atoms with E-state index >= 15 is 0 Å². The number of hydrogen-bond donors (Lipinski definition) is 4. The average Bonchev–Trinajstić information content (AvgIpc) is 3.72. The number of carbonyl (C=O) groups excluding carboxylic acids is 2. The molecule has 0 bridgehead atoms. The molecule has 2 aliphatic carbocycles. The number of thiol groups is 1. The smallest absolute Gasteiger partial charge is 0.407 e. The van der Waals surface area contributed by atoms with Gasteiger partial charge in [0, 0.05) is 19.2 Å². The second kappa shape index (κ2) is 11.0. The van der Waals surface area contributed by atoms with E-state index in [0.29, 0.717) is 13.0 Å². The number of amides is 2. The van der Waals surface area contributed by atoms with E-state index in [1.807, 2.05) is 0 Å². The van der Waals surface area contributed by atoms with E-state index in [0.717, 1.165) is 38.5 Å². The minimum Gasteiger partial charge on any atom is -0.443 e. The van der Waals surface area contributed by atoms with Crippen molar-refractivity contribution in [2.75, 3.05) is 20.3 Å². The molecule has 0 aromatic rings. The number of nitrogens with one attached hydrogen (secondary N) is 3. The highest BCUT2D eigenvalue weighted by Gasteiger charge is 2.72. The summed E-state index contributed by atoms with van der Waals surface area (Å²) in [5, 5.41) is 6.02. The van der Waals surface area contributed by atoms with E-state index in [2.05, 4.69) is 55.0 Å². The fourth-order valence-electron chi connectivity index (χ4n) is 6.14. The molecule has 3 N–H and O–H groups in total. The summed E-state index contributed by atoms with van der Waals surface area (Å²) in [6, 6.07) is 0.165. The molecule has 9 nitrogen and oxygen atoms in total. The predicted octanol–water partition coefficient (Wildman–Crippen LogP) is 2.65. The van der Waals surface area contributed by atoms with Crippen LogP contribution in [0.4, 0.5) is 4.79 Å². The molecule has 35 heavy (non-hydrogen) atoms. The van der Waals surface area contributed by atoms with Crippen LogP contribution >= 0.6 is 12.8 Å². The summed E-state index contributed by atoms with van der Waals surface area (Å²) in [7, 11) is 1.68. The number of ether oxygens (including phenoxy) is 4. The minimum atomic E-state index is -0.404. The molecule has 1 spiro atoms. The summed E-state index contributed by atoms with van der Waals surface area (Å²) >= 11 is 3.86. The molecule has 2 aliphatic heterocycles. The predicted molar refractivity (Wildman–Crippen MR) is 134 cm³/mol. The molecule has 2 saturated heterocycles. The minimum absolute atomic E-state index is 0.00732. The van der Waals surface area contributed by atoms with Crippen LogP contribution in [0, 0.1) is 5.92 Å². The Kier molecular flexibility index (Phi) is 8.37. The van der Waals surface area contributed by atoms with Gasteiger partial charge in [0.05, 0.1) is 25.2 Å². The fraction of sp³-hybridized carbons (Fsp3) is 0.840. The molecule has 198 valence electrons. The van der Waals surface area contributed by atoms with Crippen LogP contribution in [0.1, 0.15) is 65.7 Å². The van der Waals surface area contributed by atoms with E-state index in [9.17, 15) is 9.59 Å². The Labute approximate surface area is 214 Å². The van der Waals surface area contributed by atoms with Crippen LogP contribution in [0.2, 0.25) is 0 Å². The molecule has 2 amide bonds. The number of hydrogen-bond acceptors (Lipinski definition) is 8. The van der Waals surface area contributed by atoms with Crippen LogP contribution in [0.25, 0.3) is 0 Å². The van der Waals surface area contributed by atoms with Crippen LogP contribution in [0.15, 0.2) is 11.6 Å². The first-order valence-corrected chi connectivity index (χ1v) is 13.3. The molecule has 4 rings (SSSR count). The Hall–Kier alpha value is -1.33. The third-order valence-electron chi connectivity index (χ3n) is 8.15. The van der Waals surface area contributed by atoms with Gasteiger partial charge in [-0.15, -0.1) is 0 Å². The van der Waals surface area contributed by atoms with Gasteiger partial charge in [0.25, 0.3) is 0 Å². The van der Waals surface area contributed by atoms with Gasteiger partial charge in [0.1, 0.15) is 23.4 Å². The zero-order chi connectivity index (χ0) is 25.2. The van der Waals surface area contributed by atoms with Crippen molar-refractivity contribution < 1.29 is 28.5 Å². The Morgan fingerprint density at radius 2 is 1.77 bits per heavy atom. The summed E-state index contributed by atoms with van der Waals surface area (Å²) in [4.78, 5) is 24.6. The highest BCUT2D eigenvalue weighted by Crippen LogP contribution is 2.59. The Balaban J connectivity index is 1.30. The largest absolute Gasteiger partial charge is 0.443 e. The molecule has 2 saturated carbocycles. The number of carbonyl (C=O) groups is 2. The van der Waals surface area contributed by atoms with Gasteiger partial charge in [0.15, 0.2) is 0 Å². The van der Waals surface area contributed by atoms with Crippen LogP contribution < -0.4 is 15.4 Å². The van der Waals surface area contributed by atoms with E-state index in [4.69, 9.17) is 18.9 Å². The molecule has 0 aromatic carbocycles. The molecule has 4 unspecified atom stereocenters. The third-order valence-corrected chi connectivity index (χ3v) is 8.31. The summed E-state index contributed by atoms with van der Waals surface area (Å²) in [6.07, 6.45) is 6.91. The van der Waals surface area contributed by atoms with E-state index in [1.165, 1.54) is 5.57 Å². The molecule has 6 atom stereocenters. The molecule has 0 radical (unpaired) electrons. The summed E-state index contributed by atoms with van der Waals surface area (Å²) in [5.74, 6) is -0.0602. The second-order valence-corrected chi connectivity index (χ2v) is 11.2. The van der Waals surface area contributed by atoms with Crippen molar-refractivity contribution >= 4 is 24.8 Å². The summed E-state index contributed by atoms with van der Waals surface area (Å²) < 4.78 is 26.7. The SMILES string of the molecule is COC1C(OC(=O)NC2CCC(NC(=O)CNS)CC2)CCC2(CO2)C1[C@]1(C)O[C@@H]1CC=C(C)C. The molecular weight excluding hydrogens is 470 g/mol. The Morgan fingerprint density at radius 1 is 1.11 bits per heavy atom. The van der Waals surface area contributed by atoms with Crippen LogP contribution in [-0.4, -0.2) is 73.9 Å². The number of allylic oxidation sites excluding steroid dienone is 1. The summed E-state index contributed by atoms with van der Waals surface area (Å²) in [5.41, 5.74) is 0.681. The van der Waals surface area contributed by atoms with Gasteiger partial charge in [-0.05, 0) is 65.7 Å². The lowest BCUT2D eigenvalue weighted by Crippen LogP contribution is -2.56. The van der Waals surface area contributed by atoms with Gasteiger partial charge in [-0.3, -0.25) is 9.52 Å². The highest BCUT2D eigenvalue weighted by molar-refractivity contribution is 7.78. The maximum absolute atomic E-state index is 12.8. The highest BCUT2D eigenvalue weighted by atomic mass is 32.1. The Morgan fingerprint density at radius 3 is 2.34 bits per heavy atom. The zero-order valence-corrected chi connectivity index (χ0v) is 22.2. The van der Waals surface area contributed by atoms with Crippen molar-refractivity contribution in [2.24, 2.45) is 5.92 Å². The lowest BCUT2D eigenvalue weighted by Gasteiger charge is -2.42. The van der Waals surface area contributed by atoms with Crippen molar-refractivity contribution in [1.29, 1.82) is 0 Å². The van der Waals surface area contributed by atoms with E-state index < -0.39 is 6.09 Å². The van der Waals surface area contributed by atoms with E-state index in [-0.39, 0.29) is 60.0 Å². The maximum atomic E-state index is 12.8. The first-order valence-electron chi connectivity index (χ1n) is 12.8. The van der Waals surface area contributed by atoms with Crippen molar-refractivity contribution in [3.05, 3.63) is 11.6 Å². The molecule has 10 heteroatoms. The van der Waals surface area contributed by atoms with Crippen molar-refractivity contribution in [2.45, 2.75) is 107 Å². The van der Waals surface area contributed by atoms with Gasteiger partial charge in [-0.1, -0.05) is 24.5 Å². The van der Waals surface area contributed by atoms with Crippen molar-refractivity contribution in [1.82, 2.24) is 15.4 Å². The lowest BCUT2D eigenvalue weighted by atomic mass is 9.68. The van der Waals surface area contributed by atoms with Gasteiger partial charge in [-0.2, -0.15) is 0 Å². The molecule has 0 aromatic heterocycles. The quantitative estimate of drug-likeness (QED) is 0.214. The van der Waals surface area contributed by atoms with Gasteiger partial charge < -0.3 is 29.6 Å². The second-order valence-electron chi connectivity index (χ2n) is 10.9. The van der Waals surface area contributed by atoms with Crippen LogP contribution in [0.5, 0.6) is 0 Å². The zero-order valence-electron chi connectivity index (χ0n) is 21.3. The molecule has 4 aliphatic rings. The van der Waals surface area contributed by atoms with Gasteiger partial charge in [0.2, 0.25) is 5.91 Å². The first kappa shape index (κ1) is 26.7. The fourth-order valence-corrected chi connectivity index (χ4v) is 6.28. The number of alkyl carbamates (subject to hydrolysis) is 1. The normalized spacial score (nSPS) is 40.0. The number of epoxide rings is 2. The van der Waals surface area contributed by atoms with Crippen LogP contribution in [-0.2, 0) is 23.7 Å². The molecular formula is C25H41N3O6S. The van der Waals surface area contributed by atoms with Crippen molar-refractivity contribution in [3.63, 3.8) is 0 Å². The van der Waals surface area contributed by atoms with Crippen LogP contribution in [0.3, 0.4) is 0 Å². The number of methoxy groups -OCH3 is 1. The lowest BCUT2D eigenvalue weighted by molar-refractivity contribution is -0.120. The topological polar surface area (TPSA) is 114 Å². The molecule has 2 heterocycles. The van der Waals surface area contributed by atoms with Crippen molar-refractivity contribution in [3.8, 4) is 0 Å². The maximum Gasteiger partial charge on any atom is 0.407 e. The standard InChI is InChI=1S/C25H41N3O6S/c1-15(2)5-10-19-24(3,34-19)22-21(31-4)18(11-12-25(22)14-32-25)33-23(30)28-17-8-6-16(7-9-17)27-20(29)13-26-35/h5,16-19,21-22,26,35H,6-14H2,1-4H3,(H,27,29)(H,28,30)/t16?,17?,18?,19-,21?,22?,24-,25?/m1/s1. The average molecular weight is 512 g/mol. The summed E-state index contributed by atoms with van der Waals surface area (Å²) in [6.45, 7) is 7.21. The van der Waals surface area contributed by atoms with Gasteiger partial charge >= 0.3 is 6.09 Å². The first-order chi connectivity index (χ1) is 16.7. The Bertz CT molecular complexity index is 809. The van der Waals surface area contributed by atoms with E-state index in [1.54, 1.807) is 7.11 Å². The monoisotopic (exact) mass is 511 g/mol. The molecule has 4 fully saturated rings. The number of rotatable bonds is 9. The third kappa shape index (κ3) is 6.15.